The third-order valence-electron chi connectivity index (χ3n) is 8.81. The van der Waals surface area contributed by atoms with Crippen molar-refractivity contribution in [2.45, 2.75) is 219 Å². The number of esters is 2. The van der Waals surface area contributed by atoms with Gasteiger partial charge < -0.3 is 14.6 Å². The van der Waals surface area contributed by atoms with Gasteiger partial charge in [-0.15, -0.1) is 0 Å². The van der Waals surface area contributed by atoms with Crippen molar-refractivity contribution in [3.63, 3.8) is 0 Å². The highest BCUT2D eigenvalue weighted by Crippen LogP contribution is 2.15. The summed E-state index contributed by atoms with van der Waals surface area (Å²) in [5, 5.41) is 9.54. The fourth-order valence-electron chi connectivity index (χ4n) is 5.78. The molecule has 0 aromatic rings. The maximum atomic E-state index is 12.2. The molecule has 1 atom stereocenters. The van der Waals surface area contributed by atoms with Gasteiger partial charge in [-0.25, -0.2) is 0 Å². The number of aliphatic hydroxyl groups excluding tert-OH is 1. The molecule has 0 unspecified atom stereocenters. The van der Waals surface area contributed by atoms with Gasteiger partial charge in [0, 0.05) is 12.8 Å². The minimum absolute atomic E-state index is 0.0646. The Morgan fingerprint density at radius 2 is 0.822 bits per heavy atom. The summed E-state index contributed by atoms with van der Waals surface area (Å²) in [4.78, 5) is 24.2. The molecule has 0 aromatic carbocycles. The first-order chi connectivity index (χ1) is 22.1. The zero-order valence-electron chi connectivity index (χ0n) is 30.1. The molecule has 0 amide bonds. The highest BCUT2D eigenvalue weighted by molar-refractivity contribution is 5.70. The first-order valence-corrected chi connectivity index (χ1v) is 19.7. The summed E-state index contributed by atoms with van der Waals surface area (Å²) in [5.74, 6) is -0.591. The third kappa shape index (κ3) is 35.3. The molecule has 45 heavy (non-hydrogen) atoms. The Balaban J connectivity index is 3.50. The number of aliphatic hydroxyl groups is 1. The smallest absolute Gasteiger partial charge is 0.306 e. The zero-order chi connectivity index (χ0) is 32.9. The highest BCUT2D eigenvalue weighted by Gasteiger charge is 2.16. The van der Waals surface area contributed by atoms with Crippen molar-refractivity contribution in [2.24, 2.45) is 0 Å². The van der Waals surface area contributed by atoms with Crippen molar-refractivity contribution < 1.29 is 24.2 Å². The van der Waals surface area contributed by atoms with Crippen LogP contribution in [0, 0.1) is 0 Å². The largest absolute Gasteiger partial charge is 0.462 e. The van der Waals surface area contributed by atoms with Crippen LogP contribution in [-0.4, -0.2) is 36.4 Å². The Hall–Kier alpha value is -1.36. The van der Waals surface area contributed by atoms with Gasteiger partial charge in [0.1, 0.15) is 6.61 Å². The van der Waals surface area contributed by atoms with Crippen molar-refractivity contribution in [1.82, 2.24) is 0 Å². The zero-order valence-corrected chi connectivity index (χ0v) is 30.1. The highest BCUT2D eigenvalue weighted by atomic mass is 16.6. The minimum atomic E-state index is -0.767. The summed E-state index contributed by atoms with van der Waals surface area (Å²) in [6, 6.07) is 0. The summed E-state index contributed by atoms with van der Waals surface area (Å²) < 4.78 is 10.6. The molecule has 0 aromatic heterocycles. The molecule has 5 nitrogen and oxygen atoms in total. The first kappa shape index (κ1) is 43.6. The summed E-state index contributed by atoms with van der Waals surface area (Å²) in [6.45, 7) is 4.12. The lowest BCUT2D eigenvalue weighted by Gasteiger charge is -2.15. The molecule has 0 aliphatic heterocycles. The van der Waals surface area contributed by atoms with Crippen LogP contribution in [0.15, 0.2) is 12.2 Å². The van der Waals surface area contributed by atoms with E-state index in [9.17, 15) is 14.7 Å². The monoisotopic (exact) mass is 637 g/mol. The number of carbonyl (C=O) groups excluding carboxylic acids is 2. The van der Waals surface area contributed by atoms with E-state index < -0.39 is 6.10 Å². The standard InChI is InChI=1S/C40H76O5/c1-3-5-7-9-11-13-15-17-18-19-20-21-22-23-25-27-29-31-33-35-40(43)45-38(36-41)37-44-39(42)34-32-30-28-26-24-16-14-12-10-8-6-4-2/h12,14,38,41H,3-11,13,15-37H2,1-2H3/b14-12-/t38-/m0/s1. The molecule has 5 heteroatoms. The predicted molar refractivity (Wildman–Crippen MR) is 192 cm³/mol. The van der Waals surface area contributed by atoms with Gasteiger partial charge >= 0.3 is 11.9 Å². The normalized spacial score (nSPS) is 12.2. The van der Waals surface area contributed by atoms with E-state index in [0.717, 1.165) is 44.9 Å². The Bertz CT molecular complexity index is 647. The van der Waals surface area contributed by atoms with E-state index in [2.05, 4.69) is 26.0 Å². The van der Waals surface area contributed by atoms with Crippen molar-refractivity contribution in [3.8, 4) is 0 Å². The van der Waals surface area contributed by atoms with Gasteiger partial charge in [0.05, 0.1) is 6.61 Å². The molecule has 0 rings (SSSR count). The van der Waals surface area contributed by atoms with E-state index in [-0.39, 0.29) is 25.2 Å². The summed E-state index contributed by atoms with van der Waals surface area (Å²) >= 11 is 0. The SMILES string of the molecule is CCCCC/C=C\CCCCCCCC(=O)OC[C@H](CO)OC(=O)CCCCCCCCCCCCCCCCCCCCC. The van der Waals surface area contributed by atoms with Crippen LogP contribution in [0.25, 0.3) is 0 Å². The maximum Gasteiger partial charge on any atom is 0.306 e. The lowest BCUT2D eigenvalue weighted by Crippen LogP contribution is -2.28. The van der Waals surface area contributed by atoms with Crippen molar-refractivity contribution in [2.75, 3.05) is 13.2 Å². The van der Waals surface area contributed by atoms with Crippen LogP contribution in [0.3, 0.4) is 0 Å². The van der Waals surface area contributed by atoms with Gasteiger partial charge in [-0.1, -0.05) is 174 Å². The van der Waals surface area contributed by atoms with Crippen LogP contribution < -0.4 is 0 Å². The van der Waals surface area contributed by atoms with E-state index in [1.807, 2.05) is 0 Å². The van der Waals surface area contributed by atoms with Gasteiger partial charge in [-0.05, 0) is 38.5 Å². The second-order valence-electron chi connectivity index (χ2n) is 13.4. The van der Waals surface area contributed by atoms with Crippen LogP contribution in [0.2, 0.25) is 0 Å². The molecule has 0 spiro atoms. The van der Waals surface area contributed by atoms with Crippen molar-refractivity contribution >= 4 is 11.9 Å². The molecule has 0 heterocycles. The molecule has 0 radical (unpaired) electrons. The number of unbranched alkanes of at least 4 members (excludes halogenated alkanes) is 26. The summed E-state index contributed by atoms with van der Waals surface area (Å²) in [7, 11) is 0. The van der Waals surface area contributed by atoms with Crippen LogP contribution in [-0.2, 0) is 19.1 Å². The Labute approximate surface area is 280 Å². The topological polar surface area (TPSA) is 72.8 Å². The number of carbonyl (C=O) groups is 2. The van der Waals surface area contributed by atoms with E-state index in [1.165, 1.54) is 141 Å². The minimum Gasteiger partial charge on any atom is -0.462 e. The van der Waals surface area contributed by atoms with Gasteiger partial charge in [0.2, 0.25) is 0 Å². The summed E-state index contributed by atoms with van der Waals surface area (Å²) in [6.07, 6.45) is 41.3. The Kier molecular flexibility index (Phi) is 36.0. The average molecular weight is 637 g/mol. The van der Waals surface area contributed by atoms with Gasteiger partial charge in [-0.2, -0.15) is 0 Å². The van der Waals surface area contributed by atoms with Crippen molar-refractivity contribution in [3.05, 3.63) is 12.2 Å². The number of allylic oxidation sites excluding steroid dienone is 2. The Morgan fingerprint density at radius 3 is 1.24 bits per heavy atom. The van der Waals surface area contributed by atoms with Gasteiger partial charge in [0.25, 0.3) is 0 Å². The van der Waals surface area contributed by atoms with Crippen LogP contribution in [0.1, 0.15) is 213 Å². The molecule has 0 fully saturated rings. The number of ether oxygens (including phenoxy) is 2. The van der Waals surface area contributed by atoms with Crippen LogP contribution in [0.5, 0.6) is 0 Å². The lowest BCUT2D eigenvalue weighted by atomic mass is 10.0. The van der Waals surface area contributed by atoms with Crippen LogP contribution in [0.4, 0.5) is 0 Å². The number of hydrogen-bond acceptors (Lipinski definition) is 5. The van der Waals surface area contributed by atoms with Gasteiger partial charge in [-0.3, -0.25) is 9.59 Å². The fraction of sp³-hybridized carbons (Fsp3) is 0.900. The maximum absolute atomic E-state index is 12.2. The van der Waals surface area contributed by atoms with E-state index in [0.29, 0.717) is 12.8 Å². The molecule has 0 saturated heterocycles. The third-order valence-corrected chi connectivity index (χ3v) is 8.81. The molecule has 0 aliphatic rings. The summed E-state index contributed by atoms with van der Waals surface area (Å²) in [5.41, 5.74) is 0. The molecule has 0 aliphatic carbocycles. The molecule has 0 saturated carbocycles. The molecule has 1 N–H and O–H groups in total. The second-order valence-corrected chi connectivity index (χ2v) is 13.4. The number of hydrogen-bond donors (Lipinski definition) is 1. The molecular formula is C40H76O5. The second kappa shape index (κ2) is 37.1. The fourth-order valence-corrected chi connectivity index (χ4v) is 5.78. The average Bonchev–Trinajstić information content (AvgIpc) is 3.04. The number of rotatable bonds is 36. The van der Waals surface area contributed by atoms with Crippen molar-refractivity contribution in [1.29, 1.82) is 0 Å². The van der Waals surface area contributed by atoms with E-state index >= 15 is 0 Å². The quantitative estimate of drug-likeness (QED) is 0.0421. The Morgan fingerprint density at radius 1 is 0.489 bits per heavy atom. The first-order valence-electron chi connectivity index (χ1n) is 19.7. The molecular weight excluding hydrogens is 560 g/mol. The van der Waals surface area contributed by atoms with E-state index in [4.69, 9.17) is 9.47 Å². The molecule has 0 bridgehead atoms. The molecule has 266 valence electrons. The van der Waals surface area contributed by atoms with Crippen LogP contribution >= 0.6 is 0 Å². The lowest BCUT2D eigenvalue weighted by molar-refractivity contribution is -0.161. The van der Waals surface area contributed by atoms with Gasteiger partial charge in [0.15, 0.2) is 6.10 Å². The van der Waals surface area contributed by atoms with E-state index in [1.54, 1.807) is 0 Å². The predicted octanol–water partition coefficient (Wildman–Crippen LogP) is 12.1.